The molecule has 5 nitrogen and oxygen atoms in total. The first kappa shape index (κ1) is 14.7. The van der Waals surface area contributed by atoms with Crippen LogP contribution < -0.4 is 11.1 Å². The third-order valence-electron chi connectivity index (χ3n) is 4.47. The molecular weight excluding hydrogens is 331 g/mol. The van der Waals surface area contributed by atoms with Gasteiger partial charge in [-0.1, -0.05) is 0 Å². The number of nitrogens with two attached hydrogens (primary N) is 1. The number of fused-ring (bicyclic) bond motifs is 1. The molecule has 2 aliphatic rings. The summed E-state index contributed by atoms with van der Waals surface area (Å²) in [5.74, 6) is 0.0508. The van der Waals surface area contributed by atoms with Crippen LogP contribution in [0.1, 0.15) is 38.5 Å². The molecule has 1 aromatic carbocycles. The van der Waals surface area contributed by atoms with Crippen LogP contribution in [0.25, 0.3) is 0 Å². The number of amides is 1. The topological polar surface area (TPSA) is 79.8 Å². The third-order valence-corrected chi connectivity index (χ3v) is 5.61. The number of anilines is 1. The molecule has 1 fully saturated rings. The molecule has 6 heteroatoms. The summed E-state index contributed by atoms with van der Waals surface area (Å²) in [5.41, 5.74) is 8.04. The maximum atomic E-state index is 12.8. The van der Waals surface area contributed by atoms with Gasteiger partial charge in [0.25, 0.3) is 0 Å². The Balaban J connectivity index is 1.82. The Morgan fingerprint density at radius 3 is 2.71 bits per heavy atom. The summed E-state index contributed by atoms with van der Waals surface area (Å²) >= 11 is -0.0863. The predicted molar refractivity (Wildman–Crippen MR) is 84.2 cm³/mol. The van der Waals surface area contributed by atoms with Crippen molar-refractivity contribution < 1.29 is 4.79 Å². The van der Waals surface area contributed by atoms with Gasteiger partial charge in [0.2, 0.25) is 0 Å². The first-order valence-corrected chi connectivity index (χ1v) is 9.01. The van der Waals surface area contributed by atoms with Gasteiger partial charge < -0.3 is 0 Å². The number of carbonyl (C=O) groups is 1. The normalized spacial score (nSPS) is 19.5. The van der Waals surface area contributed by atoms with Gasteiger partial charge in [0.1, 0.15) is 0 Å². The van der Waals surface area contributed by atoms with Crippen molar-refractivity contribution in [2.24, 2.45) is 19.1 Å². The SMILES string of the molecule is NCC1(C(=O)Nc2cccc3c2N=[Se]=N3)CCCCCC1. The van der Waals surface area contributed by atoms with Crippen molar-refractivity contribution in [3.8, 4) is 0 Å². The second-order valence-corrected chi connectivity index (χ2v) is 6.90. The van der Waals surface area contributed by atoms with Gasteiger partial charge in [-0.2, -0.15) is 0 Å². The van der Waals surface area contributed by atoms with Crippen molar-refractivity contribution in [3.63, 3.8) is 0 Å². The van der Waals surface area contributed by atoms with Crippen molar-refractivity contribution in [1.29, 1.82) is 0 Å². The van der Waals surface area contributed by atoms with Gasteiger partial charge in [0.05, 0.1) is 0 Å². The molecule has 0 saturated heterocycles. The number of hydrogen-bond donors (Lipinski definition) is 2. The van der Waals surface area contributed by atoms with E-state index in [1.54, 1.807) is 0 Å². The Morgan fingerprint density at radius 1 is 1.24 bits per heavy atom. The number of benzene rings is 1. The molecule has 0 spiro atoms. The van der Waals surface area contributed by atoms with Crippen LogP contribution in [0.15, 0.2) is 26.1 Å². The average molecular weight is 351 g/mol. The molecule has 0 radical (unpaired) electrons. The van der Waals surface area contributed by atoms with Crippen molar-refractivity contribution in [2.45, 2.75) is 38.5 Å². The number of rotatable bonds is 3. The first-order chi connectivity index (χ1) is 10.2. The van der Waals surface area contributed by atoms with E-state index in [0.717, 1.165) is 42.7 Å². The van der Waals surface area contributed by atoms with E-state index < -0.39 is 5.41 Å². The van der Waals surface area contributed by atoms with E-state index in [1.165, 1.54) is 12.8 Å². The number of carbonyl (C=O) groups excluding carboxylic acids is 1. The molecule has 112 valence electrons. The van der Waals surface area contributed by atoms with Crippen LogP contribution in [0.3, 0.4) is 0 Å². The van der Waals surface area contributed by atoms with Crippen molar-refractivity contribution in [2.75, 3.05) is 11.9 Å². The van der Waals surface area contributed by atoms with Crippen LogP contribution in [-0.2, 0) is 4.79 Å². The molecule has 1 aliphatic carbocycles. The summed E-state index contributed by atoms with van der Waals surface area (Å²) in [6.45, 7) is 0.416. The fraction of sp³-hybridized carbons (Fsp3) is 0.533. The van der Waals surface area contributed by atoms with E-state index in [1.807, 2.05) is 18.2 Å². The molecule has 0 unspecified atom stereocenters. The van der Waals surface area contributed by atoms with E-state index in [-0.39, 0.29) is 20.5 Å². The van der Waals surface area contributed by atoms with Gasteiger partial charge in [-0.15, -0.1) is 0 Å². The van der Waals surface area contributed by atoms with Crippen molar-refractivity contribution in [1.82, 2.24) is 0 Å². The fourth-order valence-corrected chi connectivity index (χ4v) is 4.24. The Bertz CT molecular complexity index is 614. The quantitative estimate of drug-likeness (QED) is 0.657. The molecule has 0 bridgehead atoms. The Kier molecular flexibility index (Phi) is 4.38. The summed E-state index contributed by atoms with van der Waals surface area (Å²) < 4.78 is 8.77. The van der Waals surface area contributed by atoms with Gasteiger partial charge in [-0.25, -0.2) is 0 Å². The Hall–Kier alpha value is -1.23. The van der Waals surface area contributed by atoms with Crippen molar-refractivity contribution >= 4 is 37.5 Å². The number of nitrogens with zero attached hydrogens (tertiary/aromatic N) is 2. The Labute approximate surface area is 130 Å². The van der Waals surface area contributed by atoms with Gasteiger partial charge in [0.15, 0.2) is 0 Å². The second-order valence-electron chi connectivity index (χ2n) is 5.79. The van der Waals surface area contributed by atoms with E-state index in [9.17, 15) is 4.79 Å². The molecule has 1 aliphatic heterocycles. The van der Waals surface area contributed by atoms with Gasteiger partial charge >= 0.3 is 130 Å². The molecule has 21 heavy (non-hydrogen) atoms. The van der Waals surface area contributed by atoms with Crippen LogP contribution >= 0.6 is 0 Å². The van der Waals surface area contributed by atoms with E-state index in [2.05, 4.69) is 13.2 Å². The maximum absolute atomic E-state index is 12.8. The molecule has 3 rings (SSSR count). The molecule has 0 atom stereocenters. The second kappa shape index (κ2) is 6.26. The van der Waals surface area contributed by atoms with Crippen LogP contribution in [0.5, 0.6) is 0 Å². The molecule has 3 N–H and O–H groups in total. The third kappa shape index (κ3) is 2.89. The molecule has 1 saturated carbocycles. The zero-order valence-electron chi connectivity index (χ0n) is 12.0. The summed E-state index contributed by atoms with van der Waals surface area (Å²) in [4.78, 5) is 12.8. The standard InChI is InChI=1S/C15H20N4OSe/c16-10-15(8-3-1-2-4-9-15)14(20)17-11-6-5-7-12-13(11)19-21-18-12/h5-7H,1-4,8-10,16H2,(H,17,20). The van der Waals surface area contributed by atoms with Crippen molar-refractivity contribution in [3.05, 3.63) is 18.2 Å². The minimum atomic E-state index is -0.417. The van der Waals surface area contributed by atoms with Crippen LogP contribution in [-0.4, -0.2) is 27.0 Å². The van der Waals surface area contributed by atoms with Crippen LogP contribution in [0.4, 0.5) is 17.1 Å². The number of nitrogens with one attached hydrogen (secondary N) is 1. The van der Waals surface area contributed by atoms with E-state index in [4.69, 9.17) is 5.73 Å². The molecule has 0 aromatic heterocycles. The molecular formula is C15H20N4OSe. The van der Waals surface area contributed by atoms with Crippen LogP contribution in [0.2, 0.25) is 0 Å². The van der Waals surface area contributed by atoms with E-state index >= 15 is 0 Å². The summed E-state index contributed by atoms with van der Waals surface area (Å²) in [5, 5.41) is 3.07. The van der Waals surface area contributed by atoms with E-state index in [0.29, 0.717) is 6.54 Å². The fourth-order valence-electron chi connectivity index (χ4n) is 3.09. The Morgan fingerprint density at radius 2 is 2.00 bits per heavy atom. The average Bonchev–Trinajstić information content (AvgIpc) is 2.85. The minimum absolute atomic E-state index is 0.0508. The van der Waals surface area contributed by atoms with Crippen LogP contribution in [0, 0.1) is 5.41 Å². The predicted octanol–water partition coefficient (Wildman–Crippen LogP) is 3.27. The molecule has 1 aromatic rings. The summed E-state index contributed by atoms with van der Waals surface area (Å²) in [6, 6.07) is 5.75. The molecule has 1 heterocycles. The summed E-state index contributed by atoms with van der Waals surface area (Å²) in [6.07, 6.45) is 6.34. The zero-order valence-corrected chi connectivity index (χ0v) is 13.7. The number of hydrogen-bond acceptors (Lipinski definition) is 4. The monoisotopic (exact) mass is 352 g/mol. The summed E-state index contributed by atoms with van der Waals surface area (Å²) in [7, 11) is 0. The first-order valence-electron chi connectivity index (χ1n) is 7.48. The van der Waals surface area contributed by atoms with Gasteiger partial charge in [0, 0.05) is 0 Å². The van der Waals surface area contributed by atoms with Gasteiger partial charge in [-0.3, -0.25) is 0 Å². The van der Waals surface area contributed by atoms with Gasteiger partial charge in [-0.05, 0) is 0 Å². The molecule has 1 amide bonds. The zero-order chi connectivity index (χ0) is 14.7.